The van der Waals surface area contributed by atoms with Gasteiger partial charge in [-0.05, 0) is 83.5 Å². The molecule has 80 heavy (non-hydrogen) atoms. The Bertz CT molecular complexity index is 1470. The lowest BCUT2D eigenvalue weighted by molar-refractivity contribution is -0.302. The molecule has 7 unspecified atom stereocenters. The van der Waals surface area contributed by atoms with Gasteiger partial charge < -0.3 is 45.1 Å². The van der Waals surface area contributed by atoms with Gasteiger partial charge in [0.15, 0.2) is 6.29 Å². The van der Waals surface area contributed by atoms with Crippen LogP contribution in [0.15, 0.2) is 48.6 Å². The molecule has 0 aliphatic carbocycles. The molecule has 1 saturated heterocycles. The monoisotopic (exact) mass is 1130 g/mol. The maximum absolute atomic E-state index is 13.0. The van der Waals surface area contributed by atoms with Crippen LogP contribution in [0.25, 0.3) is 0 Å². The normalized spacial score (nSPS) is 18.6. The summed E-state index contributed by atoms with van der Waals surface area (Å²) in [4.78, 5) is 25.1. The van der Waals surface area contributed by atoms with Crippen molar-refractivity contribution in [2.45, 2.75) is 358 Å². The van der Waals surface area contributed by atoms with E-state index in [0.717, 1.165) is 64.2 Å². The highest BCUT2D eigenvalue weighted by Crippen LogP contribution is 2.23. The quantitative estimate of drug-likeness (QED) is 0.0195. The smallest absolute Gasteiger partial charge is 0.305 e. The zero-order valence-corrected chi connectivity index (χ0v) is 51.8. The van der Waals surface area contributed by atoms with Gasteiger partial charge in [-0.1, -0.05) is 268 Å². The number of allylic oxidation sites excluding steroid dienone is 7. The second-order valence-corrected chi connectivity index (χ2v) is 23.5. The van der Waals surface area contributed by atoms with Crippen molar-refractivity contribution in [3.8, 4) is 0 Å². The molecule has 0 aromatic rings. The Kier molecular flexibility index (Phi) is 55.2. The summed E-state index contributed by atoms with van der Waals surface area (Å²) in [6.07, 6.45) is 65.4. The Morgan fingerprint density at radius 1 is 0.463 bits per heavy atom. The molecule has 0 aromatic carbocycles. The molecule has 11 nitrogen and oxygen atoms in total. The van der Waals surface area contributed by atoms with Crippen LogP contribution in [0.1, 0.15) is 316 Å². The largest absolute Gasteiger partial charge is 0.466 e. The number of ether oxygens (including phenoxy) is 3. The maximum atomic E-state index is 13.0. The highest BCUT2D eigenvalue weighted by Gasteiger charge is 2.44. The number of hydrogen-bond donors (Lipinski definition) is 6. The van der Waals surface area contributed by atoms with E-state index in [1.807, 2.05) is 6.08 Å². The van der Waals surface area contributed by atoms with Crippen LogP contribution in [0.5, 0.6) is 0 Å². The van der Waals surface area contributed by atoms with Crippen LogP contribution >= 0.6 is 0 Å². The minimum absolute atomic E-state index is 0.00712. The number of hydrogen-bond acceptors (Lipinski definition) is 10. The van der Waals surface area contributed by atoms with Crippen LogP contribution in [-0.2, 0) is 23.8 Å². The third kappa shape index (κ3) is 47.0. The van der Waals surface area contributed by atoms with Gasteiger partial charge in [-0.3, -0.25) is 9.59 Å². The first-order chi connectivity index (χ1) is 39.2. The Morgan fingerprint density at radius 3 is 1.31 bits per heavy atom. The van der Waals surface area contributed by atoms with Gasteiger partial charge in [0.1, 0.15) is 24.4 Å². The van der Waals surface area contributed by atoms with Crippen LogP contribution in [0.2, 0.25) is 0 Å². The van der Waals surface area contributed by atoms with Crippen molar-refractivity contribution in [3.05, 3.63) is 48.6 Å². The third-order valence-corrected chi connectivity index (χ3v) is 15.9. The Hall–Kier alpha value is -2.38. The number of unbranched alkanes of at least 4 members (excludes halogenated alkanes) is 39. The Morgan fingerprint density at radius 2 is 0.850 bits per heavy atom. The van der Waals surface area contributed by atoms with Crippen LogP contribution in [0.3, 0.4) is 0 Å². The van der Waals surface area contributed by atoms with Gasteiger partial charge in [0, 0.05) is 12.8 Å². The van der Waals surface area contributed by atoms with Crippen molar-refractivity contribution in [3.63, 3.8) is 0 Å². The Labute approximate surface area is 491 Å². The van der Waals surface area contributed by atoms with E-state index in [4.69, 9.17) is 14.2 Å². The minimum Gasteiger partial charge on any atom is -0.466 e. The predicted molar refractivity (Wildman–Crippen MR) is 334 cm³/mol. The molecule has 0 radical (unpaired) electrons. The number of aliphatic hydroxyl groups excluding tert-OH is 5. The van der Waals surface area contributed by atoms with E-state index in [2.05, 4.69) is 55.6 Å². The second-order valence-electron chi connectivity index (χ2n) is 23.5. The standard InChI is InChI=1S/C69H127NO10/c1-3-5-7-9-11-13-14-15-34-37-41-45-49-53-57-65(74)78-58-54-50-46-42-38-35-32-30-28-26-24-22-20-18-16-17-19-21-23-25-27-29-31-33-36-40-44-48-52-56-64(73)70-61(62(72)55-51-47-43-39-12-10-8-6-4-2)60-79-69-68(77)67(76)66(75)63(59-71)80-69/h9,11,14-16,18,51,55,61-63,66-69,71-72,75-77H,3-8,10,12-13,17,19-50,52-54,56-60H2,1-2H3,(H,70,73)/b11-9-,15-14-,18-16-,55-51+. The minimum atomic E-state index is -1.57. The first kappa shape index (κ1) is 75.6. The highest BCUT2D eigenvalue weighted by atomic mass is 16.7. The fourth-order valence-electron chi connectivity index (χ4n) is 10.5. The van der Waals surface area contributed by atoms with Gasteiger partial charge in [0.25, 0.3) is 0 Å². The summed E-state index contributed by atoms with van der Waals surface area (Å²) in [6.45, 7) is 4.29. The number of aliphatic hydroxyl groups is 5. The van der Waals surface area contributed by atoms with Crippen molar-refractivity contribution in [2.75, 3.05) is 19.8 Å². The van der Waals surface area contributed by atoms with E-state index in [1.165, 1.54) is 225 Å². The SMILES string of the molecule is CCCC/C=C\C/C=C\CCCCCCCC(=O)OCCCCCCCCCCCCCC/C=C\CCCCCCCCCCCCCCCC(=O)NC(COC1OC(CO)C(O)C(O)C1O)C(O)/C=C/CCCCCCCCC. The van der Waals surface area contributed by atoms with Crippen molar-refractivity contribution >= 4 is 11.9 Å². The van der Waals surface area contributed by atoms with Gasteiger partial charge in [-0.25, -0.2) is 0 Å². The second kappa shape index (κ2) is 58.4. The summed E-state index contributed by atoms with van der Waals surface area (Å²) < 4.78 is 16.7. The average molecular weight is 1130 g/mol. The van der Waals surface area contributed by atoms with Crippen molar-refractivity contribution < 1.29 is 49.3 Å². The third-order valence-electron chi connectivity index (χ3n) is 15.9. The zero-order valence-electron chi connectivity index (χ0n) is 51.8. The molecule has 0 bridgehead atoms. The van der Waals surface area contributed by atoms with Gasteiger partial charge in [-0.2, -0.15) is 0 Å². The molecule has 1 aliphatic heterocycles. The van der Waals surface area contributed by atoms with Gasteiger partial charge in [0.2, 0.25) is 5.91 Å². The number of carbonyl (C=O) groups excluding carboxylic acids is 2. The predicted octanol–water partition coefficient (Wildman–Crippen LogP) is 16.8. The summed E-state index contributed by atoms with van der Waals surface area (Å²) in [6, 6.07) is -0.808. The molecule has 0 spiro atoms. The molecule has 468 valence electrons. The molecule has 0 saturated carbocycles. The summed E-state index contributed by atoms with van der Waals surface area (Å²) >= 11 is 0. The molecule has 0 aromatic heterocycles. The fourth-order valence-corrected chi connectivity index (χ4v) is 10.5. The molecule has 1 rings (SSSR count). The first-order valence-corrected chi connectivity index (χ1v) is 33.9. The van der Waals surface area contributed by atoms with Crippen molar-refractivity contribution in [1.29, 1.82) is 0 Å². The van der Waals surface area contributed by atoms with E-state index in [-0.39, 0.29) is 18.5 Å². The van der Waals surface area contributed by atoms with E-state index < -0.39 is 49.5 Å². The number of carbonyl (C=O) groups is 2. The Balaban J connectivity index is 1.93. The summed E-state index contributed by atoms with van der Waals surface area (Å²) in [7, 11) is 0. The van der Waals surface area contributed by atoms with E-state index >= 15 is 0 Å². The number of esters is 1. The van der Waals surface area contributed by atoms with Crippen LogP contribution in [0.4, 0.5) is 0 Å². The molecule has 1 fully saturated rings. The van der Waals surface area contributed by atoms with Crippen LogP contribution in [0, 0.1) is 0 Å². The number of amides is 1. The van der Waals surface area contributed by atoms with Gasteiger partial charge in [0.05, 0.1) is 32.0 Å². The van der Waals surface area contributed by atoms with E-state index in [9.17, 15) is 35.1 Å². The van der Waals surface area contributed by atoms with Crippen molar-refractivity contribution in [1.82, 2.24) is 5.32 Å². The highest BCUT2D eigenvalue weighted by molar-refractivity contribution is 5.76. The lowest BCUT2D eigenvalue weighted by atomic mass is 9.99. The fraction of sp³-hybridized carbons (Fsp3) is 0.855. The number of nitrogens with one attached hydrogen (secondary N) is 1. The zero-order chi connectivity index (χ0) is 58.0. The first-order valence-electron chi connectivity index (χ1n) is 33.9. The molecular formula is C69H127NO10. The molecule has 1 aliphatic rings. The maximum Gasteiger partial charge on any atom is 0.305 e. The molecule has 6 N–H and O–H groups in total. The summed E-state index contributed by atoms with van der Waals surface area (Å²) in [5.74, 6) is -0.190. The van der Waals surface area contributed by atoms with Crippen molar-refractivity contribution in [2.24, 2.45) is 0 Å². The van der Waals surface area contributed by atoms with Gasteiger partial charge >= 0.3 is 5.97 Å². The molecular weight excluding hydrogens is 1000 g/mol. The average Bonchev–Trinajstić information content (AvgIpc) is 3.49. The molecule has 11 heteroatoms. The van der Waals surface area contributed by atoms with E-state index in [0.29, 0.717) is 19.4 Å². The molecule has 1 heterocycles. The summed E-state index contributed by atoms with van der Waals surface area (Å²) in [5.41, 5.74) is 0. The molecule has 7 atom stereocenters. The van der Waals surface area contributed by atoms with E-state index in [1.54, 1.807) is 6.08 Å². The lowest BCUT2D eigenvalue weighted by Crippen LogP contribution is -2.60. The topological polar surface area (TPSA) is 175 Å². The number of rotatable bonds is 59. The van der Waals surface area contributed by atoms with Gasteiger partial charge in [-0.15, -0.1) is 0 Å². The van der Waals surface area contributed by atoms with Crippen LogP contribution in [-0.4, -0.2) is 100 Å². The molecule has 1 amide bonds. The lowest BCUT2D eigenvalue weighted by Gasteiger charge is -2.40. The van der Waals surface area contributed by atoms with Crippen LogP contribution < -0.4 is 5.32 Å². The summed E-state index contributed by atoms with van der Waals surface area (Å²) in [5, 5.41) is 54.3.